The van der Waals surface area contributed by atoms with Crippen LogP contribution in [0.5, 0.6) is 5.75 Å². The number of aryl methyl sites for hydroxylation is 2. The van der Waals surface area contributed by atoms with Gasteiger partial charge in [-0.2, -0.15) is 0 Å². The average Bonchev–Trinajstić information content (AvgIpc) is 4.34. The van der Waals surface area contributed by atoms with Crippen molar-refractivity contribution in [1.82, 2.24) is 40.0 Å². The van der Waals surface area contributed by atoms with Crippen LogP contribution in [0.4, 0.5) is 11.6 Å². The van der Waals surface area contributed by atoms with Crippen molar-refractivity contribution in [1.29, 1.82) is 0 Å². The van der Waals surface area contributed by atoms with Crippen LogP contribution in [-0.2, 0) is 5.54 Å². The number of likely N-dealkylation sites (tertiary alicyclic amines) is 1. The van der Waals surface area contributed by atoms with Gasteiger partial charge in [0.2, 0.25) is 0 Å². The fraction of sp³-hybridized carbons (Fsp3) is 0.424. The topological polar surface area (TPSA) is 177 Å². The number of nitrogens with one attached hydrogen (secondary N) is 5. The Hall–Kier alpha value is -7.10. The molecule has 15 nitrogen and oxygen atoms in total. The highest BCUT2D eigenvalue weighted by atomic mass is 16.5. The summed E-state index contributed by atoms with van der Waals surface area (Å²) in [6, 6.07) is 29.5. The first kappa shape index (κ1) is 53.2. The lowest BCUT2D eigenvalue weighted by molar-refractivity contribution is 0.0942. The normalized spacial score (nSPS) is 16.1. The van der Waals surface area contributed by atoms with Crippen LogP contribution >= 0.6 is 0 Å². The number of hydrogen-bond acceptors (Lipinski definition) is 11. The van der Waals surface area contributed by atoms with E-state index in [1.54, 1.807) is 47.6 Å². The van der Waals surface area contributed by atoms with E-state index in [0.717, 1.165) is 79.9 Å². The maximum Gasteiger partial charge on any atom is 0.297 e. The van der Waals surface area contributed by atoms with E-state index < -0.39 is 5.54 Å². The molecule has 4 aromatic carbocycles. The first-order valence-electron chi connectivity index (χ1n) is 26.3. The number of carbonyl (C=O) groups is 2. The lowest BCUT2D eigenvalue weighted by Crippen LogP contribution is -2.42. The van der Waals surface area contributed by atoms with E-state index in [2.05, 4.69) is 81.3 Å². The molecular formula is C59H74N10O5. The molecule has 5 N–H and O–H groups in total. The van der Waals surface area contributed by atoms with Gasteiger partial charge in [0.15, 0.2) is 11.6 Å². The van der Waals surface area contributed by atoms with Gasteiger partial charge in [-0.1, -0.05) is 74.5 Å². The van der Waals surface area contributed by atoms with Crippen LogP contribution in [0.3, 0.4) is 0 Å². The minimum Gasteiger partial charge on any atom is -0.492 e. The number of likely N-dealkylation sites (N-methyl/N-ethyl adjacent to an activating group) is 1. The van der Waals surface area contributed by atoms with Gasteiger partial charge in [-0.15, -0.1) is 0 Å². The molecule has 2 amide bonds. The van der Waals surface area contributed by atoms with E-state index in [4.69, 9.17) is 4.74 Å². The van der Waals surface area contributed by atoms with Crippen LogP contribution in [0.2, 0.25) is 0 Å². The van der Waals surface area contributed by atoms with Gasteiger partial charge < -0.3 is 31.3 Å². The summed E-state index contributed by atoms with van der Waals surface area (Å²) >= 11 is 0. The zero-order valence-electron chi connectivity index (χ0n) is 44.3. The number of aromatic nitrogens is 4. The Balaban J connectivity index is 0.000000197. The number of anilines is 2. The Labute approximate surface area is 435 Å². The van der Waals surface area contributed by atoms with E-state index in [1.807, 2.05) is 88.4 Å². The number of hydrogen-bond donors (Lipinski definition) is 5. The molecule has 390 valence electrons. The van der Waals surface area contributed by atoms with E-state index in [0.29, 0.717) is 34.9 Å². The lowest BCUT2D eigenvalue weighted by atomic mass is 9.92. The molecule has 0 bridgehead atoms. The lowest BCUT2D eigenvalue weighted by Gasteiger charge is -2.36. The number of ether oxygens (including phenoxy) is 1. The van der Waals surface area contributed by atoms with Gasteiger partial charge in [0.05, 0.1) is 23.0 Å². The first-order valence-corrected chi connectivity index (χ1v) is 26.3. The molecule has 15 heteroatoms. The Morgan fingerprint density at radius 2 is 1.32 bits per heavy atom. The van der Waals surface area contributed by atoms with Gasteiger partial charge in [-0.3, -0.25) is 33.2 Å². The predicted octanol–water partition coefficient (Wildman–Crippen LogP) is 8.87. The zero-order chi connectivity index (χ0) is 52.6. The molecule has 0 radical (unpaired) electrons. The third-order valence-electron chi connectivity index (χ3n) is 14.3. The van der Waals surface area contributed by atoms with E-state index in [-0.39, 0.29) is 58.3 Å². The monoisotopic (exact) mass is 1000 g/mol. The minimum atomic E-state index is -0.638. The van der Waals surface area contributed by atoms with Crippen LogP contribution in [0.15, 0.2) is 125 Å². The van der Waals surface area contributed by atoms with Crippen molar-refractivity contribution in [3.05, 3.63) is 170 Å². The predicted molar refractivity (Wildman–Crippen MR) is 294 cm³/mol. The van der Waals surface area contributed by atoms with Crippen molar-refractivity contribution in [2.45, 2.75) is 123 Å². The Kier molecular flexibility index (Phi) is 16.8. The summed E-state index contributed by atoms with van der Waals surface area (Å²) in [6.07, 6.45) is 13.0. The third kappa shape index (κ3) is 13.2. The highest BCUT2D eigenvalue weighted by Gasteiger charge is 2.35. The zero-order valence-corrected chi connectivity index (χ0v) is 44.3. The molecule has 2 aliphatic carbocycles. The molecule has 0 unspecified atom stereocenters. The van der Waals surface area contributed by atoms with Gasteiger partial charge in [0.25, 0.3) is 22.9 Å². The Morgan fingerprint density at radius 1 is 0.770 bits per heavy atom. The molecule has 2 aromatic heterocycles. The Morgan fingerprint density at radius 3 is 1.88 bits per heavy atom. The Bertz CT molecular complexity index is 3030. The second-order valence-corrected chi connectivity index (χ2v) is 21.2. The summed E-state index contributed by atoms with van der Waals surface area (Å²) in [5.74, 6) is 1.30. The molecule has 9 rings (SSSR count). The van der Waals surface area contributed by atoms with Gasteiger partial charge in [0, 0.05) is 72.2 Å². The fourth-order valence-electron chi connectivity index (χ4n) is 9.60. The van der Waals surface area contributed by atoms with Crippen molar-refractivity contribution in [3.8, 4) is 17.1 Å². The summed E-state index contributed by atoms with van der Waals surface area (Å²) in [5.41, 5.74) is 5.30. The molecule has 6 aromatic rings. The van der Waals surface area contributed by atoms with Gasteiger partial charge in [0.1, 0.15) is 12.4 Å². The maximum absolute atomic E-state index is 13.8. The molecule has 3 heterocycles. The highest BCUT2D eigenvalue weighted by molar-refractivity contribution is 5.96. The van der Waals surface area contributed by atoms with Crippen molar-refractivity contribution in [3.63, 3.8) is 0 Å². The summed E-state index contributed by atoms with van der Waals surface area (Å²) in [6.45, 7) is 21.0. The number of benzene rings is 4. The van der Waals surface area contributed by atoms with Gasteiger partial charge >= 0.3 is 0 Å². The SMILES string of the molecule is CCNCCOc1ccccc1C(C)(C)Nc1nccn(-c2cc(C(=O)NC3CC3)ccc2C)c1=O.Cc1ccc(C(=O)NC2CC2)cc1-n1ccnc(N[C@@H](c2ccccc2)[C@@H](C)CN2CCCC2(C)C)c1=O. The number of para-hydroxylation sites is 1. The smallest absolute Gasteiger partial charge is 0.297 e. The molecule has 2 saturated carbocycles. The average molecular weight is 1000 g/mol. The summed E-state index contributed by atoms with van der Waals surface area (Å²) in [4.78, 5) is 63.9. The summed E-state index contributed by atoms with van der Waals surface area (Å²) < 4.78 is 9.15. The van der Waals surface area contributed by atoms with Crippen LogP contribution < -0.4 is 42.4 Å². The van der Waals surface area contributed by atoms with Crippen LogP contribution in [0.25, 0.3) is 11.4 Å². The van der Waals surface area contributed by atoms with Crippen LogP contribution in [0, 0.1) is 19.8 Å². The van der Waals surface area contributed by atoms with Crippen molar-refractivity contribution < 1.29 is 14.3 Å². The van der Waals surface area contributed by atoms with Crippen molar-refractivity contribution in [2.75, 3.05) is 43.4 Å². The summed E-state index contributed by atoms with van der Waals surface area (Å²) in [5, 5.41) is 16.1. The van der Waals surface area contributed by atoms with Crippen molar-refractivity contribution in [2.24, 2.45) is 5.92 Å². The maximum atomic E-state index is 13.8. The standard InChI is InChI=1S/C31H39N5O2.C28H35N5O3/c1-21-11-12-24(29(37)33-25-13-14-25)19-26(21)36-18-16-32-28(30(36)38)34-27(23-9-6-5-7-10-23)22(2)20-35-17-8-15-31(35,3)4;1-5-29-15-17-36-24-9-7-6-8-22(24)28(3,4)32-25-27(35)33(16-14-30-25)23-18-20(11-10-19(23)2)26(34)31-21-12-13-21/h5-7,9-12,16,18-19,22,25,27H,8,13-15,17,20H2,1-4H3,(H,32,34)(H,33,37);6-11,14,16,18,21,29H,5,12-13,15,17H2,1-4H3,(H,30,32)(H,31,34)/t22-,27+;/m0./s1. The first-order chi connectivity index (χ1) is 35.5. The fourth-order valence-corrected chi connectivity index (χ4v) is 9.60. The second-order valence-electron chi connectivity index (χ2n) is 21.2. The molecule has 0 spiro atoms. The largest absolute Gasteiger partial charge is 0.492 e. The molecule has 3 fully saturated rings. The van der Waals surface area contributed by atoms with Crippen molar-refractivity contribution >= 4 is 23.5 Å². The number of carbonyl (C=O) groups excluding carboxylic acids is 2. The highest BCUT2D eigenvalue weighted by Crippen LogP contribution is 2.34. The van der Waals surface area contributed by atoms with E-state index >= 15 is 0 Å². The molecular weight excluding hydrogens is 929 g/mol. The number of amides is 2. The number of rotatable bonds is 20. The molecule has 2 atom stereocenters. The van der Waals surface area contributed by atoms with Crippen LogP contribution in [0.1, 0.15) is 129 Å². The third-order valence-corrected chi connectivity index (χ3v) is 14.3. The van der Waals surface area contributed by atoms with Gasteiger partial charge in [-0.05, 0) is 146 Å². The molecule has 1 aliphatic heterocycles. The molecule has 3 aliphatic rings. The van der Waals surface area contributed by atoms with E-state index in [1.165, 1.54) is 17.4 Å². The number of nitrogens with zero attached hydrogens (tertiary/aromatic N) is 5. The second kappa shape index (κ2) is 23.4. The van der Waals surface area contributed by atoms with E-state index in [9.17, 15) is 19.2 Å². The molecule has 74 heavy (non-hydrogen) atoms. The quantitative estimate of drug-likeness (QED) is 0.0462. The summed E-state index contributed by atoms with van der Waals surface area (Å²) in [7, 11) is 0. The minimum absolute atomic E-state index is 0.0830. The van der Waals surface area contributed by atoms with Gasteiger partial charge in [-0.25, -0.2) is 9.97 Å². The molecule has 1 saturated heterocycles. The van der Waals surface area contributed by atoms with Crippen LogP contribution in [-0.4, -0.2) is 86.2 Å².